The van der Waals surface area contributed by atoms with Crippen molar-refractivity contribution in [3.8, 4) is 0 Å². The molecule has 2 atom stereocenters. The van der Waals surface area contributed by atoms with E-state index in [1.807, 2.05) is 0 Å². The molecule has 1 rings (SSSR count). The van der Waals surface area contributed by atoms with E-state index in [1.54, 1.807) is 18.4 Å². The summed E-state index contributed by atoms with van der Waals surface area (Å²) in [6.45, 7) is 8.06. The molecule has 0 saturated heterocycles. The van der Waals surface area contributed by atoms with Crippen LogP contribution in [0.25, 0.3) is 0 Å². The summed E-state index contributed by atoms with van der Waals surface area (Å²) in [6, 6.07) is 0.657. The Morgan fingerprint density at radius 1 is 1.53 bits per heavy atom. The average Bonchev–Trinajstić information content (AvgIpc) is 2.78. The van der Waals surface area contributed by atoms with Gasteiger partial charge in [0, 0.05) is 25.6 Å². The molecule has 0 fully saturated rings. The molecule has 1 aromatic rings. The Balaban J connectivity index is 2.66. The maximum Gasteiger partial charge on any atom is 0.185 e. The van der Waals surface area contributed by atoms with Crippen molar-refractivity contribution in [1.82, 2.24) is 10.3 Å². The monoisotopic (exact) mass is 257 g/mol. The zero-order valence-corrected chi connectivity index (χ0v) is 12.2. The van der Waals surface area contributed by atoms with Gasteiger partial charge >= 0.3 is 0 Å². The van der Waals surface area contributed by atoms with Crippen LogP contribution in [0.5, 0.6) is 0 Å². The van der Waals surface area contributed by atoms with Crippen LogP contribution >= 0.6 is 11.3 Å². The van der Waals surface area contributed by atoms with Crippen LogP contribution in [0.3, 0.4) is 0 Å². The predicted molar refractivity (Wildman–Crippen MR) is 73.9 cm³/mol. The molecule has 4 nitrogen and oxygen atoms in total. The van der Waals surface area contributed by atoms with E-state index in [-0.39, 0.29) is 0 Å². The van der Waals surface area contributed by atoms with Crippen molar-refractivity contribution < 1.29 is 4.74 Å². The molecule has 0 amide bonds. The van der Waals surface area contributed by atoms with Crippen LogP contribution in [0.15, 0.2) is 5.38 Å². The first-order valence-electron chi connectivity index (χ1n) is 6.00. The van der Waals surface area contributed by atoms with Gasteiger partial charge in [-0.05, 0) is 20.4 Å². The largest absolute Gasteiger partial charge is 0.383 e. The van der Waals surface area contributed by atoms with Crippen molar-refractivity contribution in [2.45, 2.75) is 32.9 Å². The molecule has 1 aromatic heterocycles. The fourth-order valence-corrected chi connectivity index (χ4v) is 2.58. The predicted octanol–water partition coefficient (Wildman–Crippen LogP) is 2.28. The van der Waals surface area contributed by atoms with E-state index in [1.165, 1.54) is 0 Å². The molecule has 0 aromatic carbocycles. The third kappa shape index (κ3) is 3.94. The third-order valence-corrected chi connectivity index (χ3v) is 3.78. The van der Waals surface area contributed by atoms with Crippen molar-refractivity contribution in [2.75, 3.05) is 32.2 Å². The van der Waals surface area contributed by atoms with Crippen LogP contribution in [0.4, 0.5) is 5.13 Å². The van der Waals surface area contributed by atoms with Crippen LogP contribution in [-0.2, 0) is 4.74 Å². The molecule has 0 aliphatic heterocycles. The molecular formula is C12H23N3OS. The lowest BCUT2D eigenvalue weighted by Crippen LogP contribution is -2.32. The number of aromatic nitrogens is 1. The normalized spacial score (nSPS) is 14.6. The maximum absolute atomic E-state index is 5.16. The number of nitrogens with zero attached hydrogens (tertiary/aromatic N) is 2. The highest BCUT2D eigenvalue weighted by Crippen LogP contribution is 2.24. The van der Waals surface area contributed by atoms with Crippen molar-refractivity contribution in [2.24, 2.45) is 0 Å². The number of anilines is 1. The molecular weight excluding hydrogens is 234 g/mol. The van der Waals surface area contributed by atoms with Gasteiger partial charge in [0.25, 0.3) is 0 Å². The van der Waals surface area contributed by atoms with E-state index in [0.29, 0.717) is 18.7 Å². The lowest BCUT2D eigenvalue weighted by atomic mass is 10.2. The van der Waals surface area contributed by atoms with Crippen molar-refractivity contribution in [3.63, 3.8) is 0 Å². The fraction of sp³-hybridized carbons (Fsp3) is 0.750. The second-order valence-corrected chi connectivity index (χ2v) is 5.09. The Kier molecular flexibility index (Phi) is 5.88. The van der Waals surface area contributed by atoms with Gasteiger partial charge in [-0.3, -0.25) is 0 Å². The third-order valence-electron chi connectivity index (χ3n) is 2.83. The number of methoxy groups -OCH3 is 1. The second-order valence-electron chi connectivity index (χ2n) is 4.25. The number of thiazole rings is 1. The summed E-state index contributed by atoms with van der Waals surface area (Å²) in [6.07, 6.45) is 0. The minimum Gasteiger partial charge on any atom is -0.383 e. The summed E-state index contributed by atoms with van der Waals surface area (Å²) in [7, 11) is 3.79. The highest BCUT2D eigenvalue weighted by molar-refractivity contribution is 7.13. The first kappa shape index (κ1) is 14.4. The van der Waals surface area contributed by atoms with Gasteiger partial charge in [-0.25, -0.2) is 4.98 Å². The zero-order chi connectivity index (χ0) is 12.8. The van der Waals surface area contributed by atoms with Crippen LogP contribution in [-0.4, -0.2) is 38.3 Å². The average molecular weight is 257 g/mol. The molecule has 1 N–H and O–H groups in total. The molecule has 0 aliphatic carbocycles. The molecule has 1 heterocycles. The lowest BCUT2D eigenvalue weighted by Gasteiger charge is -2.23. The summed E-state index contributed by atoms with van der Waals surface area (Å²) in [4.78, 5) is 6.82. The summed E-state index contributed by atoms with van der Waals surface area (Å²) in [5.41, 5.74) is 1.11. The highest BCUT2D eigenvalue weighted by Gasteiger charge is 2.15. The minimum atomic E-state index is 0.316. The van der Waals surface area contributed by atoms with Crippen LogP contribution in [0.2, 0.25) is 0 Å². The molecule has 17 heavy (non-hydrogen) atoms. The molecule has 98 valence electrons. The first-order valence-corrected chi connectivity index (χ1v) is 6.88. The van der Waals surface area contributed by atoms with Gasteiger partial charge in [0.05, 0.1) is 18.3 Å². The Morgan fingerprint density at radius 2 is 2.24 bits per heavy atom. The lowest BCUT2D eigenvalue weighted by molar-refractivity contribution is 0.183. The first-order chi connectivity index (χ1) is 8.10. The molecule has 0 aliphatic rings. The van der Waals surface area contributed by atoms with Crippen LogP contribution < -0.4 is 10.2 Å². The zero-order valence-electron chi connectivity index (χ0n) is 11.4. The Hall–Kier alpha value is -0.650. The molecule has 0 spiro atoms. The van der Waals surface area contributed by atoms with Gasteiger partial charge in [0.15, 0.2) is 5.13 Å². The molecule has 0 saturated carbocycles. The van der Waals surface area contributed by atoms with Gasteiger partial charge in [0.1, 0.15) is 0 Å². The van der Waals surface area contributed by atoms with Crippen molar-refractivity contribution >= 4 is 16.5 Å². The van der Waals surface area contributed by atoms with E-state index < -0.39 is 0 Å². The van der Waals surface area contributed by atoms with Crippen molar-refractivity contribution in [1.29, 1.82) is 0 Å². The fourth-order valence-electron chi connectivity index (χ4n) is 1.59. The Morgan fingerprint density at radius 3 is 2.82 bits per heavy atom. The van der Waals surface area contributed by atoms with Crippen molar-refractivity contribution in [3.05, 3.63) is 11.1 Å². The van der Waals surface area contributed by atoms with E-state index in [4.69, 9.17) is 4.74 Å². The molecule has 2 unspecified atom stereocenters. The smallest absolute Gasteiger partial charge is 0.185 e. The summed E-state index contributed by atoms with van der Waals surface area (Å²) in [5, 5.41) is 6.54. The van der Waals surface area contributed by atoms with E-state index >= 15 is 0 Å². The van der Waals surface area contributed by atoms with Crippen LogP contribution in [0.1, 0.15) is 32.5 Å². The topological polar surface area (TPSA) is 37.4 Å². The van der Waals surface area contributed by atoms with Gasteiger partial charge in [-0.1, -0.05) is 6.92 Å². The quantitative estimate of drug-likeness (QED) is 0.813. The van der Waals surface area contributed by atoms with Gasteiger partial charge in [-0.2, -0.15) is 0 Å². The second kappa shape index (κ2) is 6.93. The van der Waals surface area contributed by atoms with E-state index in [0.717, 1.165) is 17.4 Å². The molecule has 0 radical (unpaired) electrons. The Bertz CT molecular complexity index is 329. The number of hydrogen-bond acceptors (Lipinski definition) is 5. The summed E-state index contributed by atoms with van der Waals surface area (Å²) >= 11 is 1.69. The number of nitrogens with one attached hydrogen (secondary N) is 1. The van der Waals surface area contributed by atoms with Crippen LogP contribution in [0, 0.1) is 0 Å². The van der Waals surface area contributed by atoms with Gasteiger partial charge < -0.3 is 15.0 Å². The van der Waals surface area contributed by atoms with E-state index in [9.17, 15) is 0 Å². The van der Waals surface area contributed by atoms with E-state index in [2.05, 4.69) is 48.4 Å². The standard InChI is InChI=1S/C12H23N3OS/c1-6-13-10(3)11-8-17-12(14-11)15(4)9(2)7-16-5/h8-10,13H,6-7H2,1-5H3. The maximum atomic E-state index is 5.16. The number of hydrogen-bond donors (Lipinski definition) is 1. The summed E-state index contributed by atoms with van der Waals surface area (Å²) in [5.74, 6) is 0. The number of rotatable bonds is 7. The molecule has 5 heteroatoms. The highest BCUT2D eigenvalue weighted by atomic mass is 32.1. The minimum absolute atomic E-state index is 0.316. The van der Waals surface area contributed by atoms with Gasteiger partial charge in [-0.15, -0.1) is 11.3 Å². The van der Waals surface area contributed by atoms with Gasteiger partial charge in [0.2, 0.25) is 0 Å². The SMILES string of the molecule is CCNC(C)c1csc(N(C)C(C)COC)n1. The molecule has 0 bridgehead atoms. The summed E-state index contributed by atoms with van der Waals surface area (Å²) < 4.78 is 5.16. The number of likely N-dealkylation sites (N-methyl/N-ethyl adjacent to an activating group) is 1. The Labute approximate surface area is 108 Å². The number of ether oxygens (including phenoxy) is 1.